The molecule has 2 aromatic heterocycles. The Morgan fingerprint density at radius 1 is 1.14 bits per heavy atom. The molecule has 1 aliphatic rings. The number of hydrogen-bond donors (Lipinski definition) is 0. The standard InChI is InChI=1S/C20H19FN4O2.ClH/c1-24-19(26)12-17(14-6-8-22-9-7-14)23-20(24)25-10-11-27-18(13-25)15-2-4-16(21)5-3-15;/h2-9,12,18H,10-11,13H2,1H3;1H/t18-;/m0./s1. The molecule has 0 unspecified atom stereocenters. The first kappa shape index (κ1) is 20.0. The van der Waals surface area contributed by atoms with Gasteiger partial charge in [-0.1, -0.05) is 12.1 Å². The molecule has 0 aliphatic carbocycles. The molecule has 1 fully saturated rings. The van der Waals surface area contributed by atoms with Gasteiger partial charge >= 0.3 is 0 Å². The number of hydrogen-bond acceptors (Lipinski definition) is 5. The Balaban J connectivity index is 0.00000225. The van der Waals surface area contributed by atoms with Gasteiger partial charge in [0.15, 0.2) is 0 Å². The highest BCUT2D eigenvalue weighted by Crippen LogP contribution is 2.26. The Morgan fingerprint density at radius 2 is 1.86 bits per heavy atom. The van der Waals surface area contributed by atoms with Crippen LogP contribution in [0.2, 0.25) is 0 Å². The molecule has 0 N–H and O–H groups in total. The second kappa shape index (κ2) is 8.50. The topological polar surface area (TPSA) is 60.2 Å². The lowest BCUT2D eigenvalue weighted by molar-refractivity contribution is 0.0389. The number of nitrogens with zero attached hydrogens (tertiary/aromatic N) is 4. The quantitative estimate of drug-likeness (QED) is 0.674. The molecule has 1 saturated heterocycles. The Labute approximate surface area is 168 Å². The van der Waals surface area contributed by atoms with E-state index in [1.807, 2.05) is 17.0 Å². The van der Waals surface area contributed by atoms with Crippen molar-refractivity contribution in [2.75, 3.05) is 24.6 Å². The van der Waals surface area contributed by atoms with Gasteiger partial charge in [-0.05, 0) is 29.8 Å². The number of anilines is 1. The zero-order valence-corrected chi connectivity index (χ0v) is 16.1. The smallest absolute Gasteiger partial charge is 0.255 e. The van der Waals surface area contributed by atoms with Crippen molar-refractivity contribution in [3.8, 4) is 11.3 Å². The number of pyridine rings is 1. The van der Waals surface area contributed by atoms with Crippen LogP contribution in [0.4, 0.5) is 10.3 Å². The van der Waals surface area contributed by atoms with Crippen LogP contribution >= 0.6 is 12.4 Å². The summed E-state index contributed by atoms with van der Waals surface area (Å²) in [7, 11) is 1.71. The molecule has 6 nitrogen and oxygen atoms in total. The molecular weight excluding hydrogens is 383 g/mol. The molecule has 1 atom stereocenters. The van der Waals surface area contributed by atoms with Crippen LogP contribution in [0.25, 0.3) is 11.3 Å². The van der Waals surface area contributed by atoms with Crippen molar-refractivity contribution < 1.29 is 9.13 Å². The molecular formula is C20H20ClFN4O2. The van der Waals surface area contributed by atoms with E-state index in [1.54, 1.807) is 31.6 Å². The number of ether oxygens (including phenoxy) is 1. The molecule has 1 aromatic carbocycles. The summed E-state index contributed by atoms with van der Waals surface area (Å²) in [6, 6.07) is 11.5. The average Bonchev–Trinajstić information content (AvgIpc) is 2.71. The van der Waals surface area contributed by atoms with E-state index in [9.17, 15) is 9.18 Å². The van der Waals surface area contributed by atoms with Crippen LogP contribution in [-0.4, -0.2) is 34.2 Å². The van der Waals surface area contributed by atoms with Crippen LogP contribution in [0.15, 0.2) is 59.7 Å². The van der Waals surface area contributed by atoms with Gasteiger partial charge in [-0.2, -0.15) is 0 Å². The van der Waals surface area contributed by atoms with Gasteiger partial charge in [-0.25, -0.2) is 9.37 Å². The summed E-state index contributed by atoms with van der Waals surface area (Å²) in [5.74, 6) is 0.310. The first-order valence-corrected chi connectivity index (χ1v) is 8.72. The molecule has 146 valence electrons. The third-order valence-electron chi connectivity index (χ3n) is 4.68. The van der Waals surface area contributed by atoms with E-state index in [1.165, 1.54) is 22.8 Å². The average molecular weight is 403 g/mol. The van der Waals surface area contributed by atoms with Gasteiger partial charge in [0.25, 0.3) is 5.56 Å². The SMILES string of the molecule is Cl.Cn1c(N2CCO[C@H](c3ccc(F)cc3)C2)nc(-c2ccncc2)cc1=O. The molecule has 0 radical (unpaired) electrons. The Bertz CT molecular complexity index is 995. The lowest BCUT2D eigenvalue weighted by Gasteiger charge is -2.34. The Kier molecular flexibility index (Phi) is 6.06. The fraction of sp³-hybridized carbons (Fsp3) is 0.250. The summed E-state index contributed by atoms with van der Waals surface area (Å²) in [4.78, 5) is 23.2. The minimum atomic E-state index is -0.277. The normalized spacial score (nSPS) is 16.5. The van der Waals surface area contributed by atoms with Crippen molar-refractivity contribution in [1.82, 2.24) is 14.5 Å². The van der Waals surface area contributed by atoms with Crippen molar-refractivity contribution in [2.45, 2.75) is 6.10 Å². The second-order valence-electron chi connectivity index (χ2n) is 6.43. The Hall–Kier alpha value is -2.77. The minimum absolute atomic E-state index is 0. The highest BCUT2D eigenvalue weighted by Gasteiger charge is 2.25. The largest absolute Gasteiger partial charge is 0.370 e. The van der Waals surface area contributed by atoms with Crippen LogP contribution < -0.4 is 10.5 Å². The zero-order valence-electron chi connectivity index (χ0n) is 15.3. The first-order valence-electron chi connectivity index (χ1n) is 8.72. The summed E-state index contributed by atoms with van der Waals surface area (Å²) < 4.78 is 20.6. The van der Waals surface area contributed by atoms with E-state index >= 15 is 0 Å². The molecule has 3 aromatic rings. The lowest BCUT2D eigenvalue weighted by Crippen LogP contribution is -2.41. The highest BCUT2D eigenvalue weighted by molar-refractivity contribution is 5.85. The molecule has 1 aliphatic heterocycles. The minimum Gasteiger partial charge on any atom is -0.370 e. The lowest BCUT2D eigenvalue weighted by atomic mass is 10.1. The molecule has 28 heavy (non-hydrogen) atoms. The summed E-state index contributed by atoms with van der Waals surface area (Å²) in [5, 5.41) is 0. The van der Waals surface area contributed by atoms with Gasteiger partial charge in [0, 0.05) is 37.6 Å². The summed E-state index contributed by atoms with van der Waals surface area (Å²) in [6.07, 6.45) is 3.14. The molecule has 0 amide bonds. The molecule has 3 heterocycles. The highest BCUT2D eigenvalue weighted by atomic mass is 35.5. The molecule has 4 rings (SSSR count). The number of morpholine rings is 1. The van der Waals surface area contributed by atoms with Crippen molar-refractivity contribution in [3.63, 3.8) is 0 Å². The predicted molar refractivity (Wildman–Crippen MR) is 107 cm³/mol. The van der Waals surface area contributed by atoms with E-state index < -0.39 is 0 Å². The fourth-order valence-corrected chi connectivity index (χ4v) is 3.19. The van der Waals surface area contributed by atoms with Gasteiger partial charge in [0.05, 0.1) is 18.8 Å². The molecule has 0 saturated carbocycles. The van der Waals surface area contributed by atoms with Gasteiger partial charge in [-0.15, -0.1) is 12.4 Å². The summed E-state index contributed by atoms with van der Waals surface area (Å²) in [5.41, 5.74) is 2.22. The van der Waals surface area contributed by atoms with E-state index in [2.05, 4.69) is 4.98 Å². The van der Waals surface area contributed by atoms with E-state index in [0.717, 1.165) is 11.1 Å². The van der Waals surface area contributed by atoms with E-state index in [0.29, 0.717) is 31.3 Å². The van der Waals surface area contributed by atoms with Crippen LogP contribution in [0.5, 0.6) is 0 Å². The van der Waals surface area contributed by atoms with Crippen molar-refractivity contribution in [3.05, 3.63) is 76.6 Å². The van der Waals surface area contributed by atoms with Crippen molar-refractivity contribution >= 4 is 18.4 Å². The molecule has 0 spiro atoms. The molecule has 0 bridgehead atoms. The van der Waals surface area contributed by atoms with E-state index in [-0.39, 0.29) is 29.9 Å². The molecule has 8 heteroatoms. The maximum atomic E-state index is 13.2. The van der Waals surface area contributed by atoms with E-state index in [4.69, 9.17) is 9.72 Å². The monoisotopic (exact) mass is 402 g/mol. The second-order valence-corrected chi connectivity index (χ2v) is 6.43. The maximum Gasteiger partial charge on any atom is 0.255 e. The number of benzene rings is 1. The summed E-state index contributed by atoms with van der Waals surface area (Å²) in [6.45, 7) is 1.65. The van der Waals surface area contributed by atoms with Crippen LogP contribution in [0.1, 0.15) is 11.7 Å². The first-order chi connectivity index (χ1) is 13.1. The van der Waals surface area contributed by atoms with Gasteiger partial charge in [0.2, 0.25) is 5.95 Å². The van der Waals surface area contributed by atoms with Crippen LogP contribution in [-0.2, 0) is 11.8 Å². The number of aromatic nitrogens is 3. The van der Waals surface area contributed by atoms with Crippen LogP contribution in [0, 0.1) is 5.82 Å². The van der Waals surface area contributed by atoms with Gasteiger partial charge in [0.1, 0.15) is 11.9 Å². The number of rotatable bonds is 3. The third kappa shape index (κ3) is 4.05. The number of halogens is 2. The third-order valence-corrected chi connectivity index (χ3v) is 4.68. The Morgan fingerprint density at radius 3 is 2.57 bits per heavy atom. The maximum absolute atomic E-state index is 13.2. The van der Waals surface area contributed by atoms with Crippen LogP contribution in [0.3, 0.4) is 0 Å². The van der Waals surface area contributed by atoms with Gasteiger partial charge < -0.3 is 9.64 Å². The summed E-state index contributed by atoms with van der Waals surface area (Å²) >= 11 is 0. The zero-order chi connectivity index (χ0) is 18.8. The van der Waals surface area contributed by atoms with Crippen molar-refractivity contribution in [1.29, 1.82) is 0 Å². The van der Waals surface area contributed by atoms with Crippen molar-refractivity contribution in [2.24, 2.45) is 7.05 Å². The van der Waals surface area contributed by atoms with Gasteiger partial charge in [-0.3, -0.25) is 14.3 Å². The predicted octanol–water partition coefficient (Wildman–Crippen LogP) is 2.98. The fourth-order valence-electron chi connectivity index (χ4n) is 3.19.